The summed E-state index contributed by atoms with van der Waals surface area (Å²) in [6.07, 6.45) is 3.68. The van der Waals surface area contributed by atoms with Crippen LogP contribution in [0, 0.1) is 17.6 Å². The van der Waals surface area contributed by atoms with Crippen LogP contribution in [0.3, 0.4) is 0 Å². The molecule has 0 spiro atoms. The third kappa shape index (κ3) is 3.88. The van der Waals surface area contributed by atoms with Crippen molar-refractivity contribution in [1.82, 2.24) is 20.0 Å². The van der Waals surface area contributed by atoms with Crippen LogP contribution in [0.1, 0.15) is 30.0 Å². The summed E-state index contributed by atoms with van der Waals surface area (Å²) in [5, 5.41) is 7.42. The maximum Gasteiger partial charge on any atom is 0.227 e. The Hall–Kier alpha value is -1.99. The van der Waals surface area contributed by atoms with E-state index < -0.39 is 17.7 Å². The summed E-state index contributed by atoms with van der Waals surface area (Å²) < 4.78 is 29.2. The van der Waals surface area contributed by atoms with Crippen molar-refractivity contribution in [3.8, 4) is 0 Å². The smallest absolute Gasteiger partial charge is 0.227 e. The molecule has 3 atom stereocenters. The number of nitrogens with one attached hydrogen (secondary N) is 1. The lowest BCUT2D eigenvalue weighted by atomic mass is 9.89. The first-order valence-corrected chi connectivity index (χ1v) is 8.29. The highest BCUT2D eigenvalue weighted by molar-refractivity contribution is 5.85. The lowest BCUT2D eigenvalue weighted by molar-refractivity contribution is -0.136. The van der Waals surface area contributed by atoms with Crippen molar-refractivity contribution < 1.29 is 13.6 Å². The number of nitrogens with zero attached hydrogens (tertiary/aromatic N) is 3. The van der Waals surface area contributed by atoms with Crippen molar-refractivity contribution in [3.63, 3.8) is 0 Å². The quantitative estimate of drug-likeness (QED) is 0.881. The maximum absolute atomic E-state index is 14.0. The molecule has 2 heterocycles. The van der Waals surface area contributed by atoms with Gasteiger partial charge in [-0.1, -0.05) is 0 Å². The van der Waals surface area contributed by atoms with E-state index in [1.54, 1.807) is 24.9 Å². The zero-order valence-corrected chi connectivity index (χ0v) is 15.8. The van der Waals surface area contributed by atoms with E-state index in [4.69, 9.17) is 0 Å². The summed E-state index contributed by atoms with van der Waals surface area (Å²) in [6, 6.07) is 2.76. The number of carbonyl (C=O) groups is 1. The summed E-state index contributed by atoms with van der Waals surface area (Å²) in [6.45, 7) is 2.96. The van der Waals surface area contributed by atoms with Gasteiger partial charge in [-0.05, 0) is 30.7 Å². The van der Waals surface area contributed by atoms with E-state index in [0.717, 1.165) is 23.8 Å². The van der Waals surface area contributed by atoms with Crippen LogP contribution in [0.25, 0.3) is 0 Å². The first-order valence-electron chi connectivity index (χ1n) is 8.29. The molecule has 8 heteroatoms. The Morgan fingerprint density at radius 1 is 1.38 bits per heavy atom. The lowest BCUT2D eigenvalue weighted by Gasteiger charge is -2.29. The number of carbonyl (C=O) groups excluding carboxylic acids is 1. The van der Waals surface area contributed by atoms with E-state index in [0.29, 0.717) is 13.1 Å². The molecule has 1 unspecified atom stereocenters. The molecule has 0 bridgehead atoms. The van der Waals surface area contributed by atoms with Gasteiger partial charge in [0.15, 0.2) is 0 Å². The van der Waals surface area contributed by atoms with Crippen molar-refractivity contribution in [1.29, 1.82) is 0 Å². The SMILES string of the molecule is CC(c1cc(F)ccc1F)N(C)C(=O)[C@H]1CNC[C@@H]1c1cnn(C)c1.Cl. The number of rotatable bonds is 4. The molecule has 142 valence electrons. The van der Waals surface area contributed by atoms with E-state index >= 15 is 0 Å². The highest BCUT2D eigenvalue weighted by Crippen LogP contribution is 2.32. The van der Waals surface area contributed by atoms with Crippen molar-refractivity contribution in [2.45, 2.75) is 18.9 Å². The van der Waals surface area contributed by atoms with Crippen LogP contribution < -0.4 is 5.32 Å². The average molecular weight is 385 g/mol. The topological polar surface area (TPSA) is 50.2 Å². The van der Waals surface area contributed by atoms with Gasteiger partial charge in [-0.3, -0.25) is 9.48 Å². The molecule has 0 saturated carbocycles. The molecule has 1 saturated heterocycles. The highest BCUT2D eigenvalue weighted by atomic mass is 35.5. The Morgan fingerprint density at radius 3 is 2.77 bits per heavy atom. The predicted molar refractivity (Wildman–Crippen MR) is 97.1 cm³/mol. The molecule has 26 heavy (non-hydrogen) atoms. The fourth-order valence-corrected chi connectivity index (χ4v) is 3.42. The number of halogens is 3. The number of aryl methyl sites for hydroxylation is 1. The third-order valence-corrected chi connectivity index (χ3v) is 5.02. The van der Waals surface area contributed by atoms with Crippen molar-refractivity contribution in [2.75, 3.05) is 20.1 Å². The van der Waals surface area contributed by atoms with Gasteiger partial charge in [0, 0.05) is 44.9 Å². The summed E-state index contributed by atoms with van der Waals surface area (Å²) >= 11 is 0. The normalized spacial score (nSPS) is 20.5. The summed E-state index contributed by atoms with van der Waals surface area (Å²) in [4.78, 5) is 14.5. The molecule has 3 rings (SSSR count). The van der Waals surface area contributed by atoms with Crippen LogP contribution in [0.4, 0.5) is 8.78 Å². The average Bonchev–Trinajstić information content (AvgIpc) is 3.23. The Kier molecular flexibility index (Phi) is 6.36. The van der Waals surface area contributed by atoms with Gasteiger partial charge < -0.3 is 10.2 Å². The zero-order chi connectivity index (χ0) is 18.1. The minimum atomic E-state index is -0.557. The van der Waals surface area contributed by atoms with Crippen LogP contribution in [0.2, 0.25) is 0 Å². The van der Waals surface area contributed by atoms with Crippen LogP contribution in [-0.2, 0) is 11.8 Å². The molecular weight excluding hydrogens is 362 g/mol. The Labute approximate surface area is 157 Å². The largest absolute Gasteiger partial charge is 0.339 e. The number of amides is 1. The predicted octanol–water partition coefficient (Wildman–Crippen LogP) is 2.64. The van der Waals surface area contributed by atoms with Crippen molar-refractivity contribution in [2.24, 2.45) is 13.0 Å². The van der Waals surface area contributed by atoms with E-state index in [2.05, 4.69) is 10.4 Å². The van der Waals surface area contributed by atoms with Crippen LogP contribution in [0.5, 0.6) is 0 Å². The second-order valence-electron chi connectivity index (χ2n) is 6.61. The van der Waals surface area contributed by atoms with Crippen molar-refractivity contribution >= 4 is 18.3 Å². The summed E-state index contributed by atoms with van der Waals surface area (Å²) in [5.74, 6) is -1.35. The van der Waals surface area contributed by atoms with Gasteiger partial charge in [-0.15, -0.1) is 12.4 Å². The number of hydrogen-bond donors (Lipinski definition) is 1. The molecule has 1 aromatic heterocycles. The van der Waals surface area contributed by atoms with Gasteiger partial charge in [0.1, 0.15) is 11.6 Å². The minimum Gasteiger partial charge on any atom is -0.339 e. The number of hydrogen-bond acceptors (Lipinski definition) is 3. The molecule has 1 aliphatic heterocycles. The Bertz CT molecular complexity index is 782. The molecule has 5 nitrogen and oxygen atoms in total. The van der Waals surface area contributed by atoms with Crippen LogP contribution in [-0.4, -0.2) is 40.7 Å². The van der Waals surface area contributed by atoms with Crippen molar-refractivity contribution in [3.05, 3.63) is 53.4 Å². The van der Waals surface area contributed by atoms with Gasteiger partial charge in [0.05, 0.1) is 18.2 Å². The minimum absolute atomic E-state index is 0. The molecule has 1 aliphatic rings. The van der Waals surface area contributed by atoms with Gasteiger partial charge in [-0.2, -0.15) is 5.10 Å². The molecule has 1 amide bonds. The van der Waals surface area contributed by atoms with E-state index in [9.17, 15) is 13.6 Å². The second-order valence-corrected chi connectivity index (χ2v) is 6.61. The lowest BCUT2D eigenvalue weighted by Crippen LogP contribution is -2.38. The highest BCUT2D eigenvalue weighted by Gasteiger charge is 2.37. The first kappa shape index (κ1) is 20.3. The van der Waals surface area contributed by atoms with Gasteiger partial charge in [-0.25, -0.2) is 8.78 Å². The Balaban J connectivity index is 0.00000243. The molecule has 0 aliphatic carbocycles. The number of aromatic nitrogens is 2. The molecule has 1 fully saturated rings. The van der Waals surface area contributed by atoms with Crippen LogP contribution >= 0.6 is 12.4 Å². The van der Waals surface area contributed by atoms with Crippen LogP contribution in [0.15, 0.2) is 30.6 Å². The third-order valence-electron chi connectivity index (χ3n) is 5.02. The second kappa shape index (κ2) is 8.14. The zero-order valence-electron chi connectivity index (χ0n) is 14.9. The number of benzene rings is 1. The van der Waals surface area contributed by atoms with Gasteiger partial charge >= 0.3 is 0 Å². The molecular formula is C18H23ClF2N4O. The molecule has 1 aromatic carbocycles. The fraction of sp³-hybridized carbons (Fsp3) is 0.444. The van der Waals surface area contributed by atoms with E-state index in [1.165, 1.54) is 4.90 Å². The molecule has 0 radical (unpaired) electrons. The Morgan fingerprint density at radius 2 is 2.12 bits per heavy atom. The molecule has 1 N–H and O–H groups in total. The molecule has 2 aromatic rings. The monoisotopic (exact) mass is 384 g/mol. The van der Waals surface area contributed by atoms with E-state index in [1.807, 2.05) is 13.2 Å². The van der Waals surface area contributed by atoms with E-state index in [-0.39, 0.29) is 35.7 Å². The maximum atomic E-state index is 14.0. The standard InChI is InChI=1S/C18H22F2N4O.ClH/c1-11(14-6-13(19)4-5-17(14)20)24(3)18(25)16-9-21-8-15(16)12-7-22-23(2)10-12;/h4-7,10-11,15-16,21H,8-9H2,1-3H3;1H/t11?,15-,16+;/m1./s1. The summed E-state index contributed by atoms with van der Waals surface area (Å²) in [7, 11) is 3.47. The van der Waals surface area contributed by atoms with Gasteiger partial charge in [0.25, 0.3) is 0 Å². The first-order chi connectivity index (χ1) is 11.9. The fourth-order valence-electron chi connectivity index (χ4n) is 3.42. The van der Waals surface area contributed by atoms with Gasteiger partial charge in [0.2, 0.25) is 5.91 Å². The summed E-state index contributed by atoms with van der Waals surface area (Å²) in [5.41, 5.74) is 1.18.